The summed E-state index contributed by atoms with van der Waals surface area (Å²) in [7, 11) is 3.96. The van der Waals surface area contributed by atoms with Gasteiger partial charge >= 0.3 is 0 Å². The predicted octanol–water partition coefficient (Wildman–Crippen LogP) is 3.47. The fourth-order valence-corrected chi connectivity index (χ4v) is 2.97. The van der Waals surface area contributed by atoms with Gasteiger partial charge in [-0.25, -0.2) is 4.98 Å². The summed E-state index contributed by atoms with van der Waals surface area (Å²) in [6.45, 7) is 3.71. The Morgan fingerprint density at radius 2 is 1.93 bits per heavy atom. The second kappa shape index (κ2) is 9.67. The van der Waals surface area contributed by atoms with Crippen LogP contribution in [0, 0.1) is 5.41 Å². The van der Waals surface area contributed by atoms with Crippen LogP contribution in [0.2, 0.25) is 0 Å². The monoisotopic (exact) mass is 463 g/mol. The van der Waals surface area contributed by atoms with E-state index in [1.54, 1.807) is 18.3 Å². The number of rotatable bonds is 7. The minimum atomic E-state index is -0.785. The number of aromatic nitrogens is 1. The number of ether oxygens (including phenoxy) is 3. The Morgan fingerprint density at radius 1 is 1.24 bits per heavy atom. The van der Waals surface area contributed by atoms with Crippen molar-refractivity contribution in [1.29, 1.82) is 0 Å². The van der Waals surface area contributed by atoms with Gasteiger partial charge in [0.05, 0.1) is 30.5 Å². The van der Waals surface area contributed by atoms with E-state index in [4.69, 9.17) is 14.2 Å². The van der Waals surface area contributed by atoms with Gasteiger partial charge in [-0.3, -0.25) is 4.79 Å². The Hall–Kier alpha value is -2.00. The van der Waals surface area contributed by atoms with Crippen molar-refractivity contribution < 1.29 is 19.0 Å². The molecular formula is C21H26BrN3O4. The smallest absolute Gasteiger partial charge is 0.235 e. The van der Waals surface area contributed by atoms with Gasteiger partial charge in [0.25, 0.3) is 0 Å². The second-order valence-electron chi connectivity index (χ2n) is 7.56. The SMILES string of the molecule is CN(C)CCOc1ccc(NC(=O)C2(C)COC(c3ccc(Br)cc3)OC2)cn1. The zero-order valence-corrected chi connectivity index (χ0v) is 18.4. The van der Waals surface area contributed by atoms with Gasteiger partial charge in [-0.2, -0.15) is 0 Å². The van der Waals surface area contributed by atoms with Gasteiger partial charge in [0, 0.05) is 22.6 Å². The molecule has 0 atom stereocenters. The molecule has 1 saturated heterocycles. The lowest BCUT2D eigenvalue weighted by atomic mass is 9.90. The number of hydrogen-bond donors (Lipinski definition) is 1. The van der Waals surface area contributed by atoms with Gasteiger partial charge in [0.1, 0.15) is 6.61 Å². The van der Waals surface area contributed by atoms with Crippen LogP contribution in [-0.4, -0.2) is 56.3 Å². The highest BCUT2D eigenvalue weighted by molar-refractivity contribution is 9.10. The van der Waals surface area contributed by atoms with E-state index in [1.807, 2.05) is 50.2 Å². The van der Waals surface area contributed by atoms with Gasteiger partial charge in [0.2, 0.25) is 11.8 Å². The first kappa shape index (κ1) is 21.7. The summed E-state index contributed by atoms with van der Waals surface area (Å²) < 4.78 is 18.2. The van der Waals surface area contributed by atoms with Gasteiger partial charge < -0.3 is 24.4 Å². The Labute approximate surface area is 179 Å². The maximum Gasteiger partial charge on any atom is 0.235 e. The van der Waals surface area contributed by atoms with Crippen LogP contribution in [0.25, 0.3) is 0 Å². The number of nitrogens with one attached hydrogen (secondary N) is 1. The Morgan fingerprint density at radius 3 is 2.52 bits per heavy atom. The lowest BCUT2D eigenvalue weighted by Crippen LogP contribution is -2.45. The van der Waals surface area contributed by atoms with E-state index in [9.17, 15) is 4.79 Å². The fourth-order valence-electron chi connectivity index (χ4n) is 2.71. The number of nitrogens with zero attached hydrogens (tertiary/aromatic N) is 2. The largest absolute Gasteiger partial charge is 0.476 e. The first-order valence-corrected chi connectivity index (χ1v) is 10.2. The van der Waals surface area contributed by atoms with Gasteiger partial charge in [-0.05, 0) is 39.2 Å². The average Bonchev–Trinajstić information content (AvgIpc) is 2.70. The quantitative estimate of drug-likeness (QED) is 0.677. The van der Waals surface area contributed by atoms with Crippen LogP contribution in [0.5, 0.6) is 5.88 Å². The molecule has 0 saturated carbocycles. The van der Waals surface area contributed by atoms with Crippen LogP contribution >= 0.6 is 15.9 Å². The van der Waals surface area contributed by atoms with Crippen LogP contribution in [0.1, 0.15) is 18.8 Å². The number of halogens is 1. The molecule has 1 amide bonds. The molecule has 7 nitrogen and oxygen atoms in total. The summed E-state index contributed by atoms with van der Waals surface area (Å²) in [6, 6.07) is 11.3. The summed E-state index contributed by atoms with van der Waals surface area (Å²) in [5.41, 5.74) is 0.739. The molecule has 2 aromatic rings. The number of anilines is 1. The van der Waals surface area contributed by atoms with Gasteiger partial charge in [-0.1, -0.05) is 28.1 Å². The molecule has 1 fully saturated rings. The minimum Gasteiger partial charge on any atom is -0.476 e. The molecule has 29 heavy (non-hydrogen) atoms. The zero-order chi connectivity index (χ0) is 20.9. The molecule has 3 rings (SSSR count). The van der Waals surface area contributed by atoms with Crippen LogP contribution in [0.15, 0.2) is 47.1 Å². The molecule has 1 aliphatic rings. The number of likely N-dealkylation sites (N-methyl/N-ethyl adjacent to an activating group) is 1. The third-order valence-electron chi connectivity index (χ3n) is 4.58. The molecule has 0 bridgehead atoms. The van der Waals surface area contributed by atoms with Crippen molar-refractivity contribution in [1.82, 2.24) is 9.88 Å². The zero-order valence-electron chi connectivity index (χ0n) is 16.9. The van der Waals surface area contributed by atoms with E-state index in [-0.39, 0.29) is 19.1 Å². The molecule has 1 aliphatic heterocycles. The van der Waals surface area contributed by atoms with E-state index >= 15 is 0 Å². The van der Waals surface area contributed by atoms with E-state index < -0.39 is 11.7 Å². The summed E-state index contributed by atoms with van der Waals surface area (Å²) in [5.74, 6) is 0.354. The highest BCUT2D eigenvalue weighted by atomic mass is 79.9. The van der Waals surface area contributed by atoms with Crippen molar-refractivity contribution in [2.45, 2.75) is 13.2 Å². The third kappa shape index (κ3) is 5.99. The Kier molecular flexibility index (Phi) is 7.23. The molecule has 0 aliphatic carbocycles. The minimum absolute atomic E-state index is 0.171. The summed E-state index contributed by atoms with van der Waals surface area (Å²) in [5, 5.41) is 2.88. The number of carbonyl (C=O) groups excluding carboxylic acids is 1. The number of amides is 1. The topological polar surface area (TPSA) is 72.9 Å². The Balaban J connectivity index is 1.52. The molecule has 156 valence electrons. The lowest BCUT2D eigenvalue weighted by Gasteiger charge is -2.36. The molecular weight excluding hydrogens is 438 g/mol. The Bertz CT molecular complexity index is 804. The van der Waals surface area contributed by atoms with Crippen LogP contribution in [-0.2, 0) is 14.3 Å². The maximum absolute atomic E-state index is 12.8. The van der Waals surface area contributed by atoms with Crippen molar-refractivity contribution in [3.63, 3.8) is 0 Å². The molecule has 0 spiro atoms. The number of pyridine rings is 1. The molecule has 1 aromatic carbocycles. The standard InChI is InChI=1S/C21H26BrN3O4/c1-21(13-28-19(29-14-21)15-4-6-16(22)7-5-15)20(26)24-17-8-9-18(23-12-17)27-11-10-25(2)3/h4-9,12,19H,10-11,13-14H2,1-3H3,(H,24,26). The fraction of sp³-hybridized carbons (Fsp3) is 0.429. The number of hydrogen-bond acceptors (Lipinski definition) is 6. The number of carbonyl (C=O) groups is 1. The first-order chi connectivity index (χ1) is 13.9. The van der Waals surface area contributed by atoms with Crippen molar-refractivity contribution in [3.05, 3.63) is 52.6 Å². The van der Waals surface area contributed by atoms with E-state index in [2.05, 4.69) is 26.2 Å². The summed E-state index contributed by atoms with van der Waals surface area (Å²) >= 11 is 3.41. The lowest BCUT2D eigenvalue weighted by molar-refractivity contribution is -0.226. The molecule has 1 aromatic heterocycles. The van der Waals surface area contributed by atoms with E-state index in [0.717, 1.165) is 16.6 Å². The van der Waals surface area contributed by atoms with Gasteiger partial charge in [0.15, 0.2) is 6.29 Å². The normalized spacial score (nSPS) is 21.8. The number of benzene rings is 1. The molecule has 0 radical (unpaired) electrons. The van der Waals surface area contributed by atoms with Crippen molar-refractivity contribution in [2.24, 2.45) is 5.41 Å². The maximum atomic E-state index is 12.8. The summed E-state index contributed by atoms with van der Waals surface area (Å²) in [6.07, 6.45) is 1.12. The average molecular weight is 464 g/mol. The molecule has 8 heteroatoms. The van der Waals surface area contributed by atoms with Gasteiger partial charge in [-0.15, -0.1) is 0 Å². The van der Waals surface area contributed by atoms with Crippen LogP contribution < -0.4 is 10.1 Å². The molecule has 0 unspecified atom stereocenters. The molecule has 2 heterocycles. The van der Waals surface area contributed by atoms with Crippen LogP contribution in [0.3, 0.4) is 0 Å². The third-order valence-corrected chi connectivity index (χ3v) is 5.11. The predicted molar refractivity (Wildman–Crippen MR) is 114 cm³/mol. The van der Waals surface area contributed by atoms with E-state index in [0.29, 0.717) is 18.2 Å². The molecule has 1 N–H and O–H groups in total. The van der Waals surface area contributed by atoms with Crippen LogP contribution in [0.4, 0.5) is 5.69 Å². The van der Waals surface area contributed by atoms with E-state index in [1.165, 1.54) is 0 Å². The second-order valence-corrected chi connectivity index (χ2v) is 8.47. The first-order valence-electron chi connectivity index (χ1n) is 9.39. The van der Waals surface area contributed by atoms with Crippen molar-refractivity contribution in [3.8, 4) is 5.88 Å². The van der Waals surface area contributed by atoms with Crippen molar-refractivity contribution in [2.75, 3.05) is 45.8 Å². The highest BCUT2D eigenvalue weighted by Crippen LogP contribution is 2.33. The summed E-state index contributed by atoms with van der Waals surface area (Å²) in [4.78, 5) is 19.0. The highest BCUT2D eigenvalue weighted by Gasteiger charge is 2.40. The van der Waals surface area contributed by atoms with Crippen molar-refractivity contribution >= 4 is 27.5 Å².